The van der Waals surface area contributed by atoms with Gasteiger partial charge in [0.15, 0.2) is 0 Å². The lowest BCUT2D eigenvalue weighted by Gasteiger charge is -2.13. The number of carbonyl (C=O) groups excluding carboxylic acids is 1. The fourth-order valence-electron chi connectivity index (χ4n) is 2.94. The van der Waals surface area contributed by atoms with Gasteiger partial charge < -0.3 is 5.32 Å². The van der Waals surface area contributed by atoms with Crippen LogP contribution in [-0.2, 0) is 11.3 Å². The molecule has 0 aliphatic carbocycles. The van der Waals surface area contributed by atoms with Crippen LogP contribution in [0.1, 0.15) is 0 Å². The molecule has 1 amide bonds. The van der Waals surface area contributed by atoms with Crippen LogP contribution < -0.4 is 16.6 Å². The summed E-state index contributed by atoms with van der Waals surface area (Å²) in [5.74, 6) is -0.416. The molecule has 0 spiro atoms. The number of aromatic nitrogens is 2. The average Bonchev–Trinajstić information content (AvgIpc) is 3.18. The lowest BCUT2D eigenvalue weighted by atomic mass is 10.3. The van der Waals surface area contributed by atoms with E-state index < -0.39 is 17.2 Å². The summed E-state index contributed by atoms with van der Waals surface area (Å²) in [4.78, 5) is 38.5. The van der Waals surface area contributed by atoms with Gasteiger partial charge in [-0.2, -0.15) is 0 Å². The van der Waals surface area contributed by atoms with Gasteiger partial charge in [0.05, 0.1) is 21.9 Å². The molecule has 2 aromatic heterocycles. The number of carbonyl (C=O) groups is 1. The summed E-state index contributed by atoms with van der Waals surface area (Å²) >= 11 is 7.31. The van der Waals surface area contributed by atoms with E-state index in [9.17, 15) is 14.4 Å². The van der Waals surface area contributed by atoms with Gasteiger partial charge in [-0.15, -0.1) is 11.3 Å². The van der Waals surface area contributed by atoms with E-state index >= 15 is 0 Å². The zero-order chi connectivity index (χ0) is 19.7. The number of nitrogens with one attached hydrogen (secondary N) is 1. The molecule has 2 heterocycles. The number of thiophene rings is 1. The maximum absolute atomic E-state index is 13.1. The summed E-state index contributed by atoms with van der Waals surface area (Å²) in [6.07, 6.45) is 0. The molecular weight excluding hydrogens is 398 g/mol. The zero-order valence-corrected chi connectivity index (χ0v) is 16.0. The van der Waals surface area contributed by atoms with Gasteiger partial charge in [-0.1, -0.05) is 41.9 Å². The average molecular weight is 412 g/mol. The van der Waals surface area contributed by atoms with Crippen molar-refractivity contribution < 1.29 is 4.79 Å². The highest BCUT2D eigenvalue weighted by Gasteiger charge is 2.17. The molecule has 140 valence electrons. The molecule has 1 N–H and O–H groups in total. The Labute approximate surface area is 168 Å². The van der Waals surface area contributed by atoms with Crippen LogP contribution in [0.15, 0.2) is 75.6 Å². The van der Waals surface area contributed by atoms with E-state index in [-0.39, 0.29) is 6.54 Å². The van der Waals surface area contributed by atoms with Crippen LogP contribution in [0.2, 0.25) is 5.02 Å². The first-order valence-electron chi connectivity index (χ1n) is 8.39. The summed E-state index contributed by atoms with van der Waals surface area (Å²) in [7, 11) is 0. The fourth-order valence-corrected chi connectivity index (χ4v) is 3.95. The Balaban J connectivity index is 1.80. The molecule has 0 saturated carbocycles. The minimum Gasteiger partial charge on any atom is -0.323 e. The Morgan fingerprint density at radius 1 is 1.00 bits per heavy atom. The third kappa shape index (κ3) is 3.26. The van der Waals surface area contributed by atoms with Gasteiger partial charge in [-0.25, -0.2) is 9.36 Å². The van der Waals surface area contributed by atoms with Crippen molar-refractivity contribution in [2.24, 2.45) is 0 Å². The van der Waals surface area contributed by atoms with Crippen LogP contribution in [0.4, 0.5) is 5.69 Å². The van der Waals surface area contributed by atoms with Crippen LogP contribution in [-0.4, -0.2) is 15.0 Å². The van der Waals surface area contributed by atoms with Crippen molar-refractivity contribution in [1.82, 2.24) is 9.13 Å². The van der Waals surface area contributed by atoms with Crippen molar-refractivity contribution in [3.05, 3.63) is 91.9 Å². The number of hydrogen-bond acceptors (Lipinski definition) is 4. The molecular formula is C20H14ClN3O3S. The highest BCUT2D eigenvalue weighted by Crippen LogP contribution is 2.21. The number of nitrogens with zero attached hydrogens (tertiary/aromatic N) is 2. The summed E-state index contributed by atoms with van der Waals surface area (Å²) < 4.78 is 2.79. The zero-order valence-electron chi connectivity index (χ0n) is 14.5. The second kappa shape index (κ2) is 7.46. The standard InChI is InChI=1S/C20H14ClN3O3S/c21-14-8-4-5-9-15(14)22-17(25)12-23-16-10-11-28-18(16)19(26)24(20(23)27)13-6-2-1-3-7-13/h1-11H,12H2,(H,22,25). The number of rotatable bonds is 4. The van der Waals surface area contributed by atoms with Crippen molar-refractivity contribution in [2.45, 2.75) is 6.54 Å². The van der Waals surface area contributed by atoms with E-state index in [0.29, 0.717) is 26.6 Å². The molecule has 0 fully saturated rings. The van der Waals surface area contributed by atoms with Crippen molar-refractivity contribution in [3.63, 3.8) is 0 Å². The van der Waals surface area contributed by atoms with Crippen molar-refractivity contribution in [1.29, 1.82) is 0 Å². The smallest absolute Gasteiger partial charge is 0.323 e. The summed E-state index contributed by atoms with van der Waals surface area (Å²) in [5, 5.41) is 4.83. The van der Waals surface area contributed by atoms with Crippen molar-refractivity contribution >= 4 is 44.7 Å². The maximum atomic E-state index is 13.1. The quantitative estimate of drug-likeness (QED) is 0.558. The van der Waals surface area contributed by atoms with Gasteiger partial charge in [-0.05, 0) is 35.7 Å². The Morgan fingerprint density at radius 3 is 2.46 bits per heavy atom. The molecule has 0 radical (unpaired) electrons. The molecule has 0 aliphatic rings. The first kappa shape index (κ1) is 18.2. The number of benzene rings is 2. The molecule has 0 atom stereocenters. The highest BCUT2D eigenvalue weighted by atomic mass is 35.5. The Hall–Kier alpha value is -3.16. The minimum atomic E-state index is -0.573. The summed E-state index contributed by atoms with van der Waals surface area (Å²) in [6, 6.07) is 17.2. The Morgan fingerprint density at radius 2 is 1.71 bits per heavy atom. The van der Waals surface area contributed by atoms with E-state index in [1.54, 1.807) is 66.0 Å². The summed E-state index contributed by atoms with van der Waals surface area (Å²) in [5.41, 5.74) is 0.370. The predicted molar refractivity (Wildman–Crippen MR) is 112 cm³/mol. The number of hydrogen-bond donors (Lipinski definition) is 1. The van der Waals surface area contributed by atoms with Crippen molar-refractivity contribution in [2.75, 3.05) is 5.32 Å². The van der Waals surface area contributed by atoms with E-state index in [1.165, 1.54) is 15.9 Å². The molecule has 4 aromatic rings. The van der Waals surface area contributed by atoms with Gasteiger partial charge in [0.1, 0.15) is 11.2 Å². The topological polar surface area (TPSA) is 73.1 Å². The third-order valence-electron chi connectivity index (χ3n) is 4.22. The van der Waals surface area contributed by atoms with E-state index in [1.807, 2.05) is 0 Å². The van der Waals surface area contributed by atoms with Crippen LogP contribution >= 0.6 is 22.9 Å². The second-order valence-corrected chi connectivity index (χ2v) is 7.33. The summed E-state index contributed by atoms with van der Waals surface area (Å²) in [6.45, 7) is -0.246. The monoisotopic (exact) mass is 411 g/mol. The fraction of sp³-hybridized carbons (Fsp3) is 0.0500. The van der Waals surface area contributed by atoms with E-state index in [4.69, 9.17) is 11.6 Å². The number of amides is 1. The molecule has 0 aliphatic heterocycles. The number of para-hydroxylation sites is 2. The number of halogens is 1. The first-order chi connectivity index (χ1) is 13.6. The molecule has 0 saturated heterocycles. The predicted octanol–water partition coefficient (Wildman–Crippen LogP) is 3.51. The van der Waals surface area contributed by atoms with Gasteiger partial charge in [0.25, 0.3) is 5.56 Å². The van der Waals surface area contributed by atoms with Crippen molar-refractivity contribution in [3.8, 4) is 5.69 Å². The largest absolute Gasteiger partial charge is 0.336 e. The number of fused-ring (bicyclic) bond motifs is 1. The SMILES string of the molecule is O=C(Cn1c(=O)n(-c2ccccc2)c(=O)c2sccc21)Nc1ccccc1Cl. The number of anilines is 1. The third-order valence-corrected chi connectivity index (χ3v) is 5.44. The Bertz CT molecular complexity index is 1290. The molecule has 0 unspecified atom stereocenters. The Kier molecular flexibility index (Phi) is 4.85. The normalized spacial score (nSPS) is 10.9. The lowest BCUT2D eigenvalue weighted by molar-refractivity contribution is -0.116. The molecule has 2 aromatic carbocycles. The minimum absolute atomic E-state index is 0.246. The molecule has 0 bridgehead atoms. The van der Waals surface area contributed by atoms with Crippen LogP contribution in [0.5, 0.6) is 0 Å². The van der Waals surface area contributed by atoms with Crippen LogP contribution in [0.25, 0.3) is 15.9 Å². The first-order valence-corrected chi connectivity index (χ1v) is 9.65. The second-order valence-electron chi connectivity index (χ2n) is 6.01. The molecule has 6 nitrogen and oxygen atoms in total. The molecule has 28 heavy (non-hydrogen) atoms. The maximum Gasteiger partial charge on any atom is 0.336 e. The van der Waals surface area contributed by atoms with Gasteiger partial charge in [0, 0.05) is 0 Å². The van der Waals surface area contributed by atoms with E-state index in [2.05, 4.69) is 5.32 Å². The van der Waals surface area contributed by atoms with Gasteiger partial charge >= 0.3 is 5.69 Å². The van der Waals surface area contributed by atoms with Gasteiger partial charge in [-0.3, -0.25) is 14.2 Å². The van der Waals surface area contributed by atoms with Gasteiger partial charge in [0.2, 0.25) is 5.91 Å². The molecule has 4 rings (SSSR count). The van der Waals surface area contributed by atoms with E-state index in [0.717, 1.165) is 4.57 Å². The van der Waals surface area contributed by atoms with Crippen LogP contribution in [0.3, 0.4) is 0 Å². The highest BCUT2D eigenvalue weighted by molar-refractivity contribution is 7.17. The lowest BCUT2D eigenvalue weighted by Crippen LogP contribution is -2.40. The van der Waals surface area contributed by atoms with Crippen LogP contribution in [0, 0.1) is 0 Å². The molecule has 8 heteroatoms.